The van der Waals surface area contributed by atoms with Crippen LogP contribution in [0.15, 0.2) is 60.7 Å². The number of hydrogen-bond donors (Lipinski definition) is 1. The number of alkyl carbamates (subject to hydrolysis) is 1. The molecule has 2 aromatic carbocycles. The number of Topliss-reactive ketones (excluding diaryl/α,β-unsaturated/α-hetero) is 6. The summed E-state index contributed by atoms with van der Waals surface area (Å²) in [5.41, 5.74) is -1.82. The standard InChI is InChI=1S/C39H38N2O11/c1-38(2,3)51-36(49)40-16-8-7-11-27(42)28-31(44)22-14-12-20(18-24(22)33(28)46)30(43)21-13-15-23-25(19-21)34(47)29(32(23)45)35(48)26-10-9-17-41(26)37(50)52-39(4,5)6/h7-10,12-15,18-19,26,28-29H,11,16-17H2,1-6H3,(H,40,49)/b8-7-/t26-,28?,29?/m0/s1. The summed E-state index contributed by atoms with van der Waals surface area (Å²) in [5, 5.41) is 2.50. The van der Waals surface area contributed by atoms with Crippen molar-refractivity contribution in [1.82, 2.24) is 10.2 Å². The summed E-state index contributed by atoms with van der Waals surface area (Å²) in [7, 11) is 0. The molecule has 1 aliphatic heterocycles. The molecule has 52 heavy (non-hydrogen) atoms. The van der Waals surface area contributed by atoms with Crippen molar-refractivity contribution < 1.29 is 52.6 Å². The molecule has 2 unspecified atom stereocenters. The van der Waals surface area contributed by atoms with Crippen LogP contribution in [-0.2, 0) is 19.1 Å². The molecule has 0 aromatic heterocycles. The van der Waals surface area contributed by atoms with Crippen LogP contribution in [0.25, 0.3) is 0 Å². The third kappa shape index (κ3) is 7.58. The first-order chi connectivity index (χ1) is 24.3. The van der Waals surface area contributed by atoms with Crippen LogP contribution in [0.1, 0.15) is 105 Å². The van der Waals surface area contributed by atoms with Crippen molar-refractivity contribution in [3.63, 3.8) is 0 Å². The molecule has 3 atom stereocenters. The molecule has 0 bridgehead atoms. The van der Waals surface area contributed by atoms with E-state index in [4.69, 9.17) is 9.47 Å². The average Bonchev–Trinajstić information content (AvgIpc) is 3.71. The second-order valence-electron chi connectivity index (χ2n) is 14.6. The predicted molar refractivity (Wildman–Crippen MR) is 184 cm³/mol. The predicted octanol–water partition coefficient (Wildman–Crippen LogP) is 4.69. The highest BCUT2D eigenvalue weighted by Gasteiger charge is 2.48. The Labute approximate surface area is 299 Å². The summed E-state index contributed by atoms with van der Waals surface area (Å²) >= 11 is 0. The van der Waals surface area contributed by atoms with E-state index in [0.29, 0.717) is 0 Å². The first kappa shape index (κ1) is 37.4. The van der Waals surface area contributed by atoms with Crippen LogP contribution in [0.5, 0.6) is 0 Å². The number of nitrogens with one attached hydrogen (secondary N) is 1. The van der Waals surface area contributed by atoms with Gasteiger partial charge < -0.3 is 14.8 Å². The molecule has 13 nitrogen and oxygen atoms in total. The van der Waals surface area contributed by atoms with Gasteiger partial charge in [-0.25, -0.2) is 9.59 Å². The van der Waals surface area contributed by atoms with E-state index in [1.807, 2.05) is 0 Å². The number of amides is 2. The fraction of sp³-hybridized carbons (Fsp3) is 0.359. The van der Waals surface area contributed by atoms with Crippen molar-refractivity contribution in [2.75, 3.05) is 13.1 Å². The molecule has 1 heterocycles. The zero-order chi connectivity index (χ0) is 38.3. The van der Waals surface area contributed by atoms with Gasteiger partial charge in [0.25, 0.3) is 0 Å². The monoisotopic (exact) mass is 710 g/mol. The molecule has 0 radical (unpaired) electrons. The molecule has 13 heteroatoms. The Morgan fingerprint density at radius 1 is 0.731 bits per heavy atom. The van der Waals surface area contributed by atoms with Crippen molar-refractivity contribution in [2.24, 2.45) is 11.8 Å². The molecular formula is C39H38N2O11. The van der Waals surface area contributed by atoms with Crippen LogP contribution >= 0.6 is 0 Å². The van der Waals surface area contributed by atoms with E-state index in [0.717, 1.165) is 4.90 Å². The molecule has 0 saturated carbocycles. The van der Waals surface area contributed by atoms with E-state index >= 15 is 0 Å². The summed E-state index contributed by atoms with van der Waals surface area (Å²) in [6.07, 6.45) is 4.26. The highest BCUT2D eigenvalue weighted by atomic mass is 16.6. The van der Waals surface area contributed by atoms with Gasteiger partial charge in [0.05, 0.1) is 0 Å². The number of benzene rings is 2. The maximum Gasteiger partial charge on any atom is 0.411 e. The Hall–Kier alpha value is -5.85. The molecule has 0 fully saturated rings. The maximum atomic E-state index is 13.6. The minimum absolute atomic E-state index is 0.00504. The van der Waals surface area contributed by atoms with Gasteiger partial charge in [-0.3, -0.25) is 38.5 Å². The normalized spacial score (nSPS) is 19.6. The van der Waals surface area contributed by atoms with Gasteiger partial charge in [0.1, 0.15) is 29.1 Å². The van der Waals surface area contributed by atoms with Crippen molar-refractivity contribution in [3.8, 4) is 0 Å². The van der Waals surface area contributed by atoms with E-state index < -0.39 is 81.7 Å². The number of ether oxygens (including phenoxy) is 2. The quantitative estimate of drug-likeness (QED) is 0.216. The van der Waals surface area contributed by atoms with Gasteiger partial charge in [0.15, 0.2) is 40.5 Å². The maximum absolute atomic E-state index is 13.6. The van der Waals surface area contributed by atoms with Gasteiger partial charge in [-0.1, -0.05) is 36.4 Å². The Bertz CT molecular complexity index is 2010. The number of rotatable bonds is 9. The van der Waals surface area contributed by atoms with Crippen molar-refractivity contribution >= 4 is 52.7 Å². The molecule has 5 rings (SSSR count). The van der Waals surface area contributed by atoms with Crippen LogP contribution in [0.4, 0.5) is 9.59 Å². The van der Waals surface area contributed by atoms with E-state index in [9.17, 15) is 43.2 Å². The summed E-state index contributed by atoms with van der Waals surface area (Å²) in [4.78, 5) is 119. The van der Waals surface area contributed by atoms with Gasteiger partial charge >= 0.3 is 12.2 Å². The van der Waals surface area contributed by atoms with Gasteiger partial charge in [0, 0.05) is 52.9 Å². The summed E-state index contributed by atoms with van der Waals surface area (Å²) < 4.78 is 10.5. The third-order valence-electron chi connectivity index (χ3n) is 8.41. The van der Waals surface area contributed by atoms with E-state index in [1.165, 1.54) is 54.6 Å². The second-order valence-corrected chi connectivity index (χ2v) is 14.6. The molecule has 270 valence electrons. The lowest BCUT2D eigenvalue weighted by atomic mass is 9.93. The van der Waals surface area contributed by atoms with Crippen molar-refractivity contribution in [1.29, 1.82) is 0 Å². The topological polar surface area (TPSA) is 187 Å². The number of carbonyl (C=O) groups excluding carboxylic acids is 9. The van der Waals surface area contributed by atoms with E-state index in [2.05, 4.69) is 5.32 Å². The molecule has 2 aromatic rings. The Kier molecular flexibility index (Phi) is 10.1. The first-order valence-corrected chi connectivity index (χ1v) is 16.6. The Morgan fingerprint density at radius 3 is 1.81 bits per heavy atom. The lowest BCUT2D eigenvalue weighted by Gasteiger charge is -2.28. The fourth-order valence-corrected chi connectivity index (χ4v) is 6.09. The number of allylic oxidation sites excluding steroid dienone is 1. The SMILES string of the molecule is CC(C)(C)OC(=O)NC/C=C\CC(=O)C1C(=O)c2ccc(C(=O)c3ccc4c(c3)C(=O)C(C(=O)[C@@H]3C=CCN3C(=O)OC(C)(C)C)C4=O)cc2C1=O. The van der Waals surface area contributed by atoms with Crippen LogP contribution < -0.4 is 5.32 Å². The van der Waals surface area contributed by atoms with Gasteiger partial charge in [0.2, 0.25) is 0 Å². The van der Waals surface area contributed by atoms with Crippen LogP contribution in [0, 0.1) is 11.8 Å². The van der Waals surface area contributed by atoms with E-state index in [-0.39, 0.29) is 52.9 Å². The highest BCUT2D eigenvalue weighted by molar-refractivity contribution is 6.37. The Morgan fingerprint density at radius 2 is 1.25 bits per heavy atom. The van der Waals surface area contributed by atoms with Gasteiger partial charge in [-0.05, 0) is 65.8 Å². The molecule has 0 spiro atoms. The number of nitrogens with zero attached hydrogens (tertiary/aromatic N) is 1. The minimum Gasteiger partial charge on any atom is -0.444 e. The smallest absolute Gasteiger partial charge is 0.411 e. The summed E-state index contributed by atoms with van der Waals surface area (Å²) in [5.74, 6) is -8.38. The molecule has 0 saturated heterocycles. The molecule has 2 amide bonds. The zero-order valence-corrected chi connectivity index (χ0v) is 29.6. The average molecular weight is 711 g/mol. The van der Waals surface area contributed by atoms with Crippen molar-refractivity contribution in [3.05, 3.63) is 94.1 Å². The van der Waals surface area contributed by atoms with Gasteiger partial charge in [-0.2, -0.15) is 0 Å². The third-order valence-corrected chi connectivity index (χ3v) is 8.41. The van der Waals surface area contributed by atoms with Crippen LogP contribution in [0.2, 0.25) is 0 Å². The number of fused-ring (bicyclic) bond motifs is 2. The molecule has 1 N–H and O–H groups in total. The number of carbonyl (C=O) groups is 9. The second kappa shape index (κ2) is 14.0. The lowest BCUT2D eigenvalue weighted by Crippen LogP contribution is -2.47. The fourth-order valence-electron chi connectivity index (χ4n) is 6.09. The number of ketones is 7. The lowest BCUT2D eigenvalue weighted by molar-refractivity contribution is -0.123. The highest BCUT2D eigenvalue weighted by Crippen LogP contribution is 2.33. The van der Waals surface area contributed by atoms with Crippen LogP contribution in [0.3, 0.4) is 0 Å². The van der Waals surface area contributed by atoms with E-state index in [1.54, 1.807) is 47.6 Å². The summed E-state index contributed by atoms with van der Waals surface area (Å²) in [6.45, 7) is 10.3. The first-order valence-electron chi connectivity index (χ1n) is 16.6. The molecular weight excluding hydrogens is 672 g/mol. The van der Waals surface area contributed by atoms with Crippen molar-refractivity contribution in [2.45, 2.75) is 65.2 Å². The Balaban J connectivity index is 1.27. The zero-order valence-electron chi connectivity index (χ0n) is 29.6. The minimum atomic E-state index is -1.72. The molecule has 2 aliphatic carbocycles. The summed E-state index contributed by atoms with van der Waals surface area (Å²) in [6, 6.07) is 6.44. The largest absolute Gasteiger partial charge is 0.444 e. The number of hydrogen-bond acceptors (Lipinski definition) is 11. The van der Waals surface area contributed by atoms with Gasteiger partial charge in [-0.15, -0.1) is 0 Å². The van der Waals surface area contributed by atoms with Crippen LogP contribution in [-0.4, -0.2) is 87.9 Å². The molecule has 3 aliphatic rings.